The monoisotopic (exact) mass is 412 g/mol. The molecule has 0 saturated heterocycles. The molecule has 1 aromatic carbocycles. The Balaban J connectivity index is 2.51. The molecular formula is C12H7Cl2IO2S. The summed E-state index contributed by atoms with van der Waals surface area (Å²) in [6.07, 6.45) is 0. The second-order valence-corrected chi connectivity index (χ2v) is 6.94. The molecule has 0 aliphatic carbocycles. The molecule has 0 saturated carbocycles. The number of benzene rings is 1. The van der Waals surface area contributed by atoms with Crippen LogP contribution in [0.15, 0.2) is 24.3 Å². The first-order valence-corrected chi connectivity index (χ1v) is 7.51. The molecule has 2 nitrogen and oxygen atoms in total. The normalized spacial score (nSPS) is 10.4. The van der Waals surface area contributed by atoms with E-state index < -0.39 is 0 Å². The zero-order valence-electron chi connectivity index (χ0n) is 9.17. The van der Waals surface area contributed by atoms with Crippen LogP contribution in [0.4, 0.5) is 0 Å². The number of hydrogen-bond acceptors (Lipinski definition) is 3. The Labute approximate surface area is 132 Å². The van der Waals surface area contributed by atoms with E-state index in [4.69, 9.17) is 27.9 Å². The number of methoxy groups -OCH3 is 1. The topological polar surface area (TPSA) is 26.3 Å². The van der Waals surface area contributed by atoms with Crippen molar-refractivity contribution in [2.45, 2.75) is 0 Å². The van der Waals surface area contributed by atoms with Gasteiger partial charge in [-0.25, -0.2) is 0 Å². The quantitative estimate of drug-likeness (QED) is 0.529. The van der Waals surface area contributed by atoms with E-state index in [0.717, 1.165) is 3.57 Å². The van der Waals surface area contributed by atoms with Crippen molar-refractivity contribution in [2.24, 2.45) is 0 Å². The summed E-state index contributed by atoms with van der Waals surface area (Å²) in [5, 5.41) is 0. The molecular weight excluding hydrogens is 406 g/mol. The Morgan fingerprint density at radius 3 is 2.56 bits per heavy atom. The van der Waals surface area contributed by atoms with Gasteiger partial charge in [0.15, 0.2) is 5.78 Å². The Bertz CT molecular complexity index is 610. The third kappa shape index (κ3) is 2.82. The minimum Gasteiger partial charge on any atom is -0.496 e. The van der Waals surface area contributed by atoms with Crippen LogP contribution in [0.3, 0.4) is 0 Å². The Morgan fingerprint density at radius 2 is 2.00 bits per heavy atom. The van der Waals surface area contributed by atoms with Gasteiger partial charge in [0.25, 0.3) is 0 Å². The number of halogens is 3. The second kappa shape index (κ2) is 5.77. The fraction of sp³-hybridized carbons (Fsp3) is 0.0833. The second-order valence-electron chi connectivity index (χ2n) is 3.41. The van der Waals surface area contributed by atoms with Gasteiger partial charge in [-0.2, -0.15) is 0 Å². The fourth-order valence-electron chi connectivity index (χ4n) is 1.50. The Kier molecular flexibility index (Phi) is 4.53. The van der Waals surface area contributed by atoms with Crippen molar-refractivity contribution in [3.05, 3.63) is 47.6 Å². The molecule has 0 fully saturated rings. The van der Waals surface area contributed by atoms with Gasteiger partial charge < -0.3 is 4.74 Å². The summed E-state index contributed by atoms with van der Waals surface area (Å²) in [6.45, 7) is 0. The highest BCUT2D eigenvalue weighted by Crippen LogP contribution is 2.34. The van der Waals surface area contributed by atoms with Crippen molar-refractivity contribution in [1.29, 1.82) is 0 Å². The summed E-state index contributed by atoms with van der Waals surface area (Å²) in [4.78, 5) is 12.4. The van der Waals surface area contributed by atoms with E-state index >= 15 is 0 Å². The molecule has 0 N–H and O–H groups in total. The molecule has 18 heavy (non-hydrogen) atoms. The minimum absolute atomic E-state index is 0.182. The van der Waals surface area contributed by atoms with Gasteiger partial charge in [0, 0.05) is 3.57 Å². The Morgan fingerprint density at radius 1 is 1.28 bits per heavy atom. The molecule has 0 aliphatic heterocycles. The van der Waals surface area contributed by atoms with Crippen LogP contribution in [0.1, 0.15) is 15.9 Å². The van der Waals surface area contributed by atoms with Gasteiger partial charge in [-0.3, -0.25) is 4.79 Å². The molecule has 1 aromatic heterocycles. The lowest BCUT2D eigenvalue weighted by molar-refractivity contribution is 0.103. The summed E-state index contributed by atoms with van der Waals surface area (Å²) in [7, 11) is 1.53. The molecule has 0 spiro atoms. The molecule has 0 bridgehead atoms. The Hall–Kier alpha value is -0.300. The molecule has 0 amide bonds. The average molecular weight is 413 g/mol. The third-order valence-electron chi connectivity index (χ3n) is 2.31. The first-order valence-electron chi connectivity index (χ1n) is 4.86. The molecule has 2 aromatic rings. The molecule has 2 rings (SSSR count). The smallest absolute Gasteiger partial charge is 0.199 e. The van der Waals surface area contributed by atoms with Gasteiger partial charge in [-0.15, -0.1) is 11.3 Å². The summed E-state index contributed by atoms with van der Waals surface area (Å²) in [5.41, 5.74) is 0.896. The van der Waals surface area contributed by atoms with Gasteiger partial charge in [0.2, 0.25) is 0 Å². The standard InChI is InChI=1S/C12H7Cl2IO2S/c1-17-9-3-2-6(15)4-7(9)11(16)8-5-10(13)18-12(8)14/h2-5H,1H3. The lowest BCUT2D eigenvalue weighted by Gasteiger charge is -2.07. The number of ether oxygens (including phenoxy) is 1. The summed E-state index contributed by atoms with van der Waals surface area (Å²) >= 11 is 15.2. The fourth-order valence-corrected chi connectivity index (χ4v) is 3.45. The molecule has 94 valence electrons. The summed E-state index contributed by atoms with van der Waals surface area (Å²) in [5.74, 6) is 0.345. The first kappa shape index (κ1) is 14.1. The van der Waals surface area contributed by atoms with Crippen LogP contribution in [0.2, 0.25) is 8.67 Å². The number of hydrogen-bond donors (Lipinski definition) is 0. The van der Waals surface area contributed by atoms with E-state index in [1.165, 1.54) is 18.4 Å². The largest absolute Gasteiger partial charge is 0.496 e. The van der Waals surface area contributed by atoms with Crippen molar-refractivity contribution in [3.63, 3.8) is 0 Å². The maximum Gasteiger partial charge on any atom is 0.199 e. The number of carbonyl (C=O) groups is 1. The SMILES string of the molecule is COc1ccc(I)cc1C(=O)c1cc(Cl)sc1Cl. The predicted octanol–water partition coefficient (Wildman–Crippen LogP) is 4.90. The van der Waals surface area contributed by atoms with Crippen LogP contribution in [0.5, 0.6) is 5.75 Å². The van der Waals surface area contributed by atoms with Crippen LogP contribution >= 0.6 is 57.1 Å². The molecule has 6 heteroatoms. The van der Waals surface area contributed by atoms with Gasteiger partial charge in [-0.1, -0.05) is 23.2 Å². The highest BCUT2D eigenvalue weighted by Gasteiger charge is 2.19. The third-order valence-corrected chi connectivity index (χ3v) is 4.47. The van der Waals surface area contributed by atoms with E-state index in [-0.39, 0.29) is 5.78 Å². The van der Waals surface area contributed by atoms with Crippen LogP contribution in [0, 0.1) is 3.57 Å². The lowest BCUT2D eigenvalue weighted by Crippen LogP contribution is -2.03. The predicted molar refractivity (Wildman–Crippen MR) is 83.5 cm³/mol. The zero-order chi connectivity index (χ0) is 13.3. The highest BCUT2D eigenvalue weighted by atomic mass is 127. The number of carbonyl (C=O) groups excluding carboxylic acids is 1. The molecule has 0 radical (unpaired) electrons. The molecule has 0 unspecified atom stereocenters. The van der Waals surface area contributed by atoms with Gasteiger partial charge in [0.05, 0.1) is 22.6 Å². The van der Waals surface area contributed by atoms with E-state index in [0.29, 0.717) is 25.5 Å². The number of thiophene rings is 1. The lowest BCUT2D eigenvalue weighted by atomic mass is 10.1. The van der Waals surface area contributed by atoms with Crippen molar-refractivity contribution >= 4 is 62.9 Å². The minimum atomic E-state index is -0.182. The number of ketones is 1. The van der Waals surface area contributed by atoms with Crippen LogP contribution in [0.25, 0.3) is 0 Å². The van der Waals surface area contributed by atoms with Crippen molar-refractivity contribution in [3.8, 4) is 5.75 Å². The summed E-state index contributed by atoms with van der Waals surface area (Å²) < 4.78 is 7.03. The highest BCUT2D eigenvalue weighted by molar-refractivity contribution is 14.1. The molecule has 0 aliphatic rings. The number of rotatable bonds is 3. The van der Waals surface area contributed by atoms with Crippen LogP contribution in [-0.4, -0.2) is 12.9 Å². The van der Waals surface area contributed by atoms with Crippen molar-refractivity contribution in [1.82, 2.24) is 0 Å². The summed E-state index contributed by atoms with van der Waals surface area (Å²) in [6, 6.07) is 6.98. The van der Waals surface area contributed by atoms with E-state index in [1.807, 2.05) is 6.07 Å². The van der Waals surface area contributed by atoms with E-state index in [2.05, 4.69) is 22.6 Å². The van der Waals surface area contributed by atoms with Gasteiger partial charge in [0.1, 0.15) is 10.1 Å². The van der Waals surface area contributed by atoms with E-state index in [9.17, 15) is 4.79 Å². The molecule has 0 atom stereocenters. The average Bonchev–Trinajstić information content (AvgIpc) is 2.67. The van der Waals surface area contributed by atoms with Gasteiger partial charge >= 0.3 is 0 Å². The maximum absolute atomic E-state index is 12.4. The maximum atomic E-state index is 12.4. The van der Waals surface area contributed by atoms with Crippen LogP contribution in [-0.2, 0) is 0 Å². The molecule has 1 heterocycles. The first-order chi connectivity index (χ1) is 8.52. The van der Waals surface area contributed by atoms with Gasteiger partial charge in [-0.05, 0) is 46.9 Å². The van der Waals surface area contributed by atoms with Crippen molar-refractivity contribution in [2.75, 3.05) is 7.11 Å². The zero-order valence-corrected chi connectivity index (χ0v) is 13.7. The van der Waals surface area contributed by atoms with Crippen molar-refractivity contribution < 1.29 is 9.53 Å². The van der Waals surface area contributed by atoms with Crippen LogP contribution < -0.4 is 4.74 Å². The van der Waals surface area contributed by atoms with E-state index in [1.54, 1.807) is 18.2 Å².